The Morgan fingerprint density at radius 1 is 1.35 bits per heavy atom. The van der Waals surface area contributed by atoms with Crippen LogP contribution in [-0.4, -0.2) is 47.3 Å². The van der Waals surface area contributed by atoms with Crippen LogP contribution in [0.5, 0.6) is 0 Å². The van der Waals surface area contributed by atoms with Crippen molar-refractivity contribution < 1.29 is 27.9 Å². The predicted molar refractivity (Wildman–Crippen MR) is 65.2 cm³/mol. The lowest BCUT2D eigenvalue weighted by Crippen LogP contribution is -2.48. The molecule has 0 aromatic heterocycles. The predicted octanol–water partition coefficient (Wildman–Crippen LogP) is 2.22. The van der Waals surface area contributed by atoms with Crippen LogP contribution in [0.1, 0.15) is 32.6 Å². The van der Waals surface area contributed by atoms with E-state index >= 15 is 0 Å². The Bertz CT molecular complexity index is 360. The average molecular weight is 296 g/mol. The molecule has 116 valence electrons. The van der Waals surface area contributed by atoms with Crippen LogP contribution < -0.4 is 5.32 Å². The third kappa shape index (κ3) is 5.26. The van der Waals surface area contributed by atoms with Crippen molar-refractivity contribution in [2.45, 2.75) is 44.8 Å². The highest BCUT2D eigenvalue weighted by Crippen LogP contribution is 2.26. The molecular formula is C12H19F3N2O3. The Morgan fingerprint density at radius 2 is 2.00 bits per heavy atom. The van der Waals surface area contributed by atoms with Crippen molar-refractivity contribution >= 4 is 12.0 Å². The van der Waals surface area contributed by atoms with Crippen LogP contribution in [0, 0.1) is 5.92 Å². The minimum absolute atomic E-state index is 0.0143. The van der Waals surface area contributed by atoms with E-state index in [1.165, 1.54) is 0 Å². The molecule has 2 atom stereocenters. The highest BCUT2D eigenvalue weighted by Gasteiger charge is 2.35. The topological polar surface area (TPSA) is 69.6 Å². The lowest BCUT2D eigenvalue weighted by atomic mass is 10.1. The fourth-order valence-electron chi connectivity index (χ4n) is 2.34. The van der Waals surface area contributed by atoms with Gasteiger partial charge in [0.15, 0.2) is 0 Å². The molecule has 5 nitrogen and oxygen atoms in total. The summed E-state index contributed by atoms with van der Waals surface area (Å²) in [4.78, 5) is 23.3. The number of carboxylic acid groups (broad SMARTS) is 1. The number of aliphatic carboxylic acids is 1. The molecule has 1 saturated carbocycles. The Morgan fingerprint density at radius 3 is 2.45 bits per heavy atom. The van der Waals surface area contributed by atoms with Crippen molar-refractivity contribution in [3.8, 4) is 0 Å². The summed E-state index contributed by atoms with van der Waals surface area (Å²) >= 11 is 0. The second kappa shape index (κ2) is 6.81. The van der Waals surface area contributed by atoms with Crippen LogP contribution >= 0.6 is 0 Å². The molecule has 1 aliphatic rings. The Labute approximate surface area is 115 Å². The van der Waals surface area contributed by atoms with Crippen LogP contribution in [0.25, 0.3) is 0 Å². The van der Waals surface area contributed by atoms with Crippen molar-refractivity contribution in [3.63, 3.8) is 0 Å². The molecule has 0 aromatic carbocycles. The number of urea groups is 1. The van der Waals surface area contributed by atoms with E-state index in [1.54, 1.807) is 6.92 Å². The van der Waals surface area contributed by atoms with E-state index in [-0.39, 0.29) is 19.0 Å². The first kappa shape index (κ1) is 16.6. The third-order valence-corrected chi connectivity index (χ3v) is 3.26. The lowest BCUT2D eigenvalue weighted by Gasteiger charge is -2.25. The van der Waals surface area contributed by atoms with Crippen LogP contribution in [0.15, 0.2) is 0 Å². The second-order valence-corrected chi connectivity index (χ2v) is 5.03. The van der Waals surface area contributed by atoms with E-state index in [0.29, 0.717) is 24.2 Å². The highest BCUT2D eigenvalue weighted by molar-refractivity contribution is 5.75. The van der Waals surface area contributed by atoms with Crippen molar-refractivity contribution in [3.05, 3.63) is 0 Å². The molecule has 0 saturated heterocycles. The fraction of sp³-hybridized carbons (Fsp3) is 0.833. The summed E-state index contributed by atoms with van der Waals surface area (Å²) in [6, 6.07) is -1.14. The number of hydrogen-bond donors (Lipinski definition) is 2. The molecular weight excluding hydrogens is 277 g/mol. The van der Waals surface area contributed by atoms with Crippen LogP contribution in [0.3, 0.4) is 0 Å². The van der Waals surface area contributed by atoms with E-state index < -0.39 is 30.6 Å². The molecule has 1 rings (SSSR count). The number of rotatable bonds is 5. The monoisotopic (exact) mass is 296 g/mol. The van der Waals surface area contributed by atoms with Crippen LogP contribution in [0.2, 0.25) is 0 Å². The number of alkyl halides is 3. The van der Waals surface area contributed by atoms with E-state index in [9.17, 15) is 22.8 Å². The third-order valence-electron chi connectivity index (χ3n) is 3.26. The van der Waals surface area contributed by atoms with Gasteiger partial charge in [0.25, 0.3) is 0 Å². The van der Waals surface area contributed by atoms with Gasteiger partial charge in [-0.2, -0.15) is 13.2 Å². The van der Waals surface area contributed by atoms with Crippen molar-refractivity contribution in [1.29, 1.82) is 0 Å². The van der Waals surface area contributed by atoms with Gasteiger partial charge in [-0.3, -0.25) is 4.79 Å². The smallest absolute Gasteiger partial charge is 0.406 e. The number of nitrogens with zero attached hydrogens (tertiary/aromatic N) is 1. The maximum atomic E-state index is 12.4. The minimum Gasteiger partial charge on any atom is -0.481 e. The molecule has 0 aliphatic heterocycles. The summed E-state index contributed by atoms with van der Waals surface area (Å²) < 4.78 is 37.1. The molecule has 0 heterocycles. The Balaban J connectivity index is 2.52. The normalized spacial score (nSPS) is 22.6. The second-order valence-electron chi connectivity index (χ2n) is 5.03. The van der Waals surface area contributed by atoms with Gasteiger partial charge in [-0.25, -0.2) is 4.79 Å². The van der Waals surface area contributed by atoms with Crippen molar-refractivity contribution in [1.82, 2.24) is 10.2 Å². The number of carbonyl (C=O) groups excluding carboxylic acids is 1. The number of carbonyl (C=O) groups is 2. The van der Waals surface area contributed by atoms with Gasteiger partial charge in [-0.1, -0.05) is 6.92 Å². The van der Waals surface area contributed by atoms with Crippen LogP contribution in [-0.2, 0) is 4.79 Å². The van der Waals surface area contributed by atoms with E-state index in [1.807, 2.05) is 0 Å². The van der Waals surface area contributed by atoms with Gasteiger partial charge in [-0.15, -0.1) is 0 Å². The van der Waals surface area contributed by atoms with Gasteiger partial charge in [-0.05, 0) is 25.7 Å². The Kier molecular flexibility index (Phi) is 5.64. The average Bonchev–Trinajstić information content (AvgIpc) is 2.75. The summed E-state index contributed by atoms with van der Waals surface area (Å²) in [6.07, 6.45) is -2.83. The first-order valence-electron chi connectivity index (χ1n) is 6.58. The maximum Gasteiger partial charge on any atom is 0.406 e. The van der Waals surface area contributed by atoms with Gasteiger partial charge < -0.3 is 15.3 Å². The highest BCUT2D eigenvalue weighted by atomic mass is 19.4. The zero-order valence-corrected chi connectivity index (χ0v) is 11.2. The quantitative estimate of drug-likeness (QED) is 0.817. The zero-order chi connectivity index (χ0) is 15.3. The molecule has 1 fully saturated rings. The van der Waals surface area contributed by atoms with Gasteiger partial charge in [0.05, 0.1) is 5.92 Å². The van der Waals surface area contributed by atoms with E-state index in [0.717, 1.165) is 0 Å². The van der Waals surface area contributed by atoms with Crippen LogP contribution in [0.4, 0.5) is 18.0 Å². The largest absolute Gasteiger partial charge is 0.481 e. The standard InChI is InChI=1S/C12H19F3N2O3/c1-2-5-17(7-12(13,14)15)11(20)16-9-4-3-8(6-9)10(18)19/h8-9H,2-7H2,1H3,(H,16,20)(H,18,19). The molecule has 8 heteroatoms. The van der Waals surface area contributed by atoms with Gasteiger partial charge in [0.2, 0.25) is 0 Å². The maximum absolute atomic E-state index is 12.4. The molecule has 2 N–H and O–H groups in total. The van der Waals surface area contributed by atoms with E-state index in [4.69, 9.17) is 5.11 Å². The molecule has 0 aromatic rings. The summed E-state index contributed by atoms with van der Waals surface area (Å²) in [5.74, 6) is -1.45. The fourth-order valence-corrected chi connectivity index (χ4v) is 2.34. The summed E-state index contributed by atoms with van der Waals surface area (Å²) in [5, 5.41) is 11.3. The SMILES string of the molecule is CCCN(CC(F)(F)F)C(=O)NC1CCC(C(=O)O)C1. The molecule has 1 aliphatic carbocycles. The van der Waals surface area contributed by atoms with Gasteiger partial charge in [0.1, 0.15) is 6.54 Å². The molecule has 0 spiro atoms. The van der Waals surface area contributed by atoms with Gasteiger partial charge in [0, 0.05) is 12.6 Å². The molecule has 0 radical (unpaired) electrons. The Hall–Kier alpha value is -1.47. The van der Waals surface area contributed by atoms with E-state index in [2.05, 4.69) is 5.32 Å². The first-order chi connectivity index (χ1) is 9.23. The number of nitrogens with one attached hydrogen (secondary N) is 1. The summed E-state index contributed by atoms with van der Waals surface area (Å²) in [7, 11) is 0. The number of amides is 2. The summed E-state index contributed by atoms with van der Waals surface area (Å²) in [5.41, 5.74) is 0. The first-order valence-corrected chi connectivity index (χ1v) is 6.58. The molecule has 2 amide bonds. The number of carboxylic acids is 1. The number of halogens is 3. The van der Waals surface area contributed by atoms with Crippen molar-refractivity contribution in [2.75, 3.05) is 13.1 Å². The molecule has 2 unspecified atom stereocenters. The molecule has 20 heavy (non-hydrogen) atoms. The lowest BCUT2D eigenvalue weighted by molar-refractivity contribution is -0.141. The minimum atomic E-state index is -4.44. The zero-order valence-electron chi connectivity index (χ0n) is 11.2. The summed E-state index contributed by atoms with van der Waals surface area (Å²) in [6.45, 7) is 0.412. The molecule has 0 bridgehead atoms. The number of hydrogen-bond acceptors (Lipinski definition) is 2. The van der Waals surface area contributed by atoms with Crippen molar-refractivity contribution in [2.24, 2.45) is 5.92 Å². The van der Waals surface area contributed by atoms with Gasteiger partial charge >= 0.3 is 18.2 Å².